The summed E-state index contributed by atoms with van der Waals surface area (Å²) < 4.78 is 10.9. The lowest BCUT2D eigenvalue weighted by Crippen LogP contribution is -2.40. The van der Waals surface area contributed by atoms with Crippen molar-refractivity contribution in [2.24, 2.45) is 23.7 Å². The molecule has 2 saturated carbocycles. The topological polar surface area (TPSA) is 52.6 Å². The number of rotatable bonds is 3. The molecule has 6 unspecified atom stereocenters. The van der Waals surface area contributed by atoms with Gasteiger partial charge in [0, 0.05) is 17.4 Å². The number of fused-ring (bicyclic) bond motifs is 1. The van der Waals surface area contributed by atoms with Gasteiger partial charge in [0.05, 0.1) is 5.92 Å². The Bertz CT molecular complexity index is 428. The van der Waals surface area contributed by atoms with Crippen LogP contribution in [0.5, 0.6) is 0 Å². The molecule has 3 aliphatic rings. The van der Waals surface area contributed by atoms with Gasteiger partial charge < -0.3 is 9.47 Å². The summed E-state index contributed by atoms with van der Waals surface area (Å²) >= 11 is 0. The second kappa shape index (κ2) is 3.84. The maximum atomic E-state index is 11.8. The zero-order valence-corrected chi connectivity index (χ0v) is 10.7. The van der Waals surface area contributed by atoms with E-state index in [0.717, 1.165) is 12.8 Å². The average molecular weight is 250 g/mol. The summed E-state index contributed by atoms with van der Waals surface area (Å²) in [6.45, 7) is 7.31. The van der Waals surface area contributed by atoms with Gasteiger partial charge in [-0.1, -0.05) is 19.9 Å². The molecule has 3 rings (SSSR count). The molecule has 0 aromatic heterocycles. The fourth-order valence-electron chi connectivity index (χ4n) is 4.08. The standard InChI is InChI=1S/C14H18O4/c1-4-7-8-5-9-10(7)14(16)18-12(9)11(8)17-13(15)6(2)3/h7-12H,2,4-5H2,1,3H3. The Kier molecular flexibility index (Phi) is 2.50. The van der Waals surface area contributed by atoms with Gasteiger partial charge in [-0.3, -0.25) is 4.79 Å². The molecule has 4 nitrogen and oxygen atoms in total. The van der Waals surface area contributed by atoms with Crippen LogP contribution in [0, 0.1) is 23.7 Å². The van der Waals surface area contributed by atoms with E-state index in [4.69, 9.17) is 9.47 Å². The molecule has 0 amide bonds. The van der Waals surface area contributed by atoms with Crippen molar-refractivity contribution in [3.63, 3.8) is 0 Å². The van der Waals surface area contributed by atoms with Crippen LogP contribution in [0.1, 0.15) is 26.7 Å². The van der Waals surface area contributed by atoms with Crippen molar-refractivity contribution in [3.8, 4) is 0 Å². The lowest BCUT2D eigenvalue weighted by atomic mass is 9.77. The average Bonchev–Trinajstić information content (AvgIpc) is 2.91. The number of carbonyl (C=O) groups excluding carboxylic acids is 2. The summed E-state index contributed by atoms with van der Waals surface area (Å²) in [6.07, 6.45) is 1.42. The minimum absolute atomic E-state index is 0.0461. The van der Waals surface area contributed by atoms with E-state index in [0.29, 0.717) is 11.5 Å². The molecule has 2 aliphatic carbocycles. The predicted octanol–water partition coefficient (Wildman–Crippen LogP) is 1.69. The third-order valence-corrected chi connectivity index (χ3v) is 4.77. The molecule has 0 N–H and O–H groups in total. The molecular formula is C14H18O4. The molecule has 1 saturated heterocycles. The van der Waals surface area contributed by atoms with Crippen molar-refractivity contribution in [2.75, 3.05) is 0 Å². The first-order chi connectivity index (χ1) is 8.54. The summed E-state index contributed by atoms with van der Waals surface area (Å²) in [4.78, 5) is 23.5. The van der Waals surface area contributed by atoms with Crippen LogP contribution in [0.3, 0.4) is 0 Å². The first-order valence-corrected chi connectivity index (χ1v) is 6.61. The highest BCUT2D eigenvalue weighted by Crippen LogP contribution is 2.59. The number of carbonyl (C=O) groups is 2. The lowest BCUT2D eigenvalue weighted by molar-refractivity contribution is -0.158. The van der Waals surface area contributed by atoms with Crippen molar-refractivity contribution >= 4 is 11.9 Å². The van der Waals surface area contributed by atoms with Crippen LogP contribution in [0.4, 0.5) is 0 Å². The van der Waals surface area contributed by atoms with Crippen LogP contribution < -0.4 is 0 Å². The maximum Gasteiger partial charge on any atom is 0.333 e. The molecule has 0 aromatic rings. The SMILES string of the molecule is C=C(C)C(=O)OC1C2CC3C1OC(=O)C3C2CC. The molecule has 98 valence electrons. The molecule has 1 aliphatic heterocycles. The Hall–Kier alpha value is -1.32. The van der Waals surface area contributed by atoms with Gasteiger partial charge in [0.1, 0.15) is 12.2 Å². The molecule has 6 atom stereocenters. The van der Waals surface area contributed by atoms with E-state index in [2.05, 4.69) is 13.5 Å². The summed E-state index contributed by atoms with van der Waals surface area (Å²) in [5, 5.41) is 0. The molecule has 18 heavy (non-hydrogen) atoms. The summed E-state index contributed by atoms with van der Waals surface area (Å²) in [5.74, 6) is 0.434. The van der Waals surface area contributed by atoms with E-state index < -0.39 is 0 Å². The third-order valence-electron chi connectivity index (χ3n) is 4.77. The number of ether oxygens (including phenoxy) is 2. The van der Waals surface area contributed by atoms with E-state index in [1.165, 1.54) is 0 Å². The Balaban J connectivity index is 1.84. The number of hydrogen-bond acceptors (Lipinski definition) is 4. The maximum absolute atomic E-state index is 11.8. The molecule has 2 bridgehead atoms. The van der Waals surface area contributed by atoms with E-state index in [1.54, 1.807) is 6.92 Å². The van der Waals surface area contributed by atoms with Crippen molar-refractivity contribution in [1.82, 2.24) is 0 Å². The van der Waals surface area contributed by atoms with Crippen LogP contribution in [0.2, 0.25) is 0 Å². The fourth-order valence-corrected chi connectivity index (χ4v) is 4.08. The monoisotopic (exact) mass is 250 g/mol. The van der Waals surface area contributed by atoms with Crippen molar-refractivity contribution in [1.29, 1.82) is 0 Å². The van der Waals surface area contributed by atoms with Gasteiger partial charge in [-0.15, -0.1) is 0 Å². The van der Waals surface area contributed by atoms with Crippen LogP contribution in [-0.4, -0.2) is 24.1 Å². The Morgan fingerprint density at radius 1 is 1.50 bits per heavy atom. The van der Waals surface area contributed by atoms with Crippen LogP contribution >= 0.6 is 0 Å². The van der Waals surface area contributed by atoms with Gasteiger partial charge in [0.2, 0.25) is 0 Å². The fraction of sp³-hybridized carbons (Fsp3) is 0.714. The highest BCUT2D eigenvalue weighted by Gasteiger charge is 2.67. The summed E-state index contributed by atoms with van der Waals surface area (Å²) in [6, 6.07) is 0. The zero-order chi connectivity index (χ0) is 13.0. The quantitative estimate of drug-likeness (QED) is 0.565. The normalized spacial score (nSPS) is 44.0. The largest absolute Gasteiger partial charge is 0.458 e. The van der Waals surface area contributed by atoms with Crippen LogP contribution in [0.15, 0.2) is 12.2 Å². The molecule has 1 heterocycles. The van der Waals surface area contributed by atoms with Crippen molar-refractivity contribution in [2.45, 2.75) is 38.9 Å². The van der Waals surface area contributed by atoms with Gasteiger partial charge in [0.25, 0.3) is 0 Å². The van der Waals surface area contributed by atoms with E-state index >= 15 is 0 Å². The van der Waals surface area contributed by atoms with Gasteiger partial charge in [0.15, 0.2) is 0 Å². The highest BCUT2D eigenvalue weighted by atomic mass is 16.6. The molecule has 4 heteroatoms. The number of hydrogen-bond donors (Lipinski definition) is 0. The van der Waals surface area contributed by atoms with Gasteiger partial charge in [-0.25, -0.2) is 4.79 Å². The minimum atomic E-state index is -0.373. The number of esters is 2. The zero-order valence-electron chi connectivity index (χ0n) is 10.7. The predicted molar refractivity (Wildman–Crippen MR) is 63.4 cm³/mol. The van der Waals surface area contributed by atoms with Crippen LogP contribution in [-0.2, 0) is 19.1 Å². The highest BCUT2D eigenvalue weighted by molar-refractivity contribution is 5.87. The second-order valence-electron chi connectivity index (χ2n) is 5.71. The third kappa shape index (κ3) is 1.38. The first kappa shape index (κ1) is 11.8. The summed E-state index contributed by atoms with van der Waals surface area (Å²) in [7, 11) is 0. The van der Waals surface area contributed by atoms with Crippen molar-refractivity contribution in [3.05, 3.63) is 12.2 Å². The molecular weight excluding hydrogens is 232 g/mol. The lowest BCUT2D eigenvalue weighted by Gasteiger charge is -2.30. The van der Waals surface area contributed by atoms with Gasteiger partial charge >= 0.3 is 11.9 Å². The minimum Gasteiger partial charge on any atom is -0.458 e. The van der Waals surface area contributed by atoms with Crippen LogP contribution in [0.25, 0.3) is 0 Å². The molecule has 0 spiro atoms. The van der Waals surface area contributed by atoms with Gasteiger partial charge in [-0.05, 0) is 19.3 Å². The molecule has 0 radical (unpaired) electrons. The second-order valence-corrected chi connectivity index (χ2v) is 5.71. The Labute approximate surface area is 106 Å². The van der Waals surface area contributed by atoms with E-state index in [1.807, 2.05) is 0 Å². The molecule has 0 aromatic carbocycles. The van der Waals surface area contributed by atoms with Gasteiger partial charge in [-0.2, -0.15) is 0 Å². The van der Waals surface area contributed by atoms with E-state index in [9.17, 15) is 9.59 Å². The summed E-state index contributed by atoms with van der Waals surface area (Å²) in [5.41, 5.74) is 0.395. The Morgan fingerprint density at radius 3 is 2.83 bits per heavy atom. The van der Waals surface area contributed by atoms with Crippen molar-refractivity contribution < 1.29 is 19.1 Å². The molecule has 3 fully saturated rings. The Morgan fingerprint density at radius 2 is 2.22 bits per heavy atom. The smallest absolute Gasteiger partial charge is 0.333 e. The van der Waals surface area contributed by atoms with E-state index in [-0.39, 0.29) is 41.9 Å². The first-order valence-electron chi connectivity index (χ1n) is 6.61.